The lowest BCUT2D eigenvalue weighted by molar-refractivity contribution is -0.136. The molecule has 1 unspecified atom stereocenters. The van der Waals surface area contributed by atoms with Crippen molar-refractivity contribution in [2.75, 3.05) is 19.5 Å². The lowest BCUT2D eigenvalue weighted by atomic mass is 9.82. The first-order valence-corrected chi connectivity index (χ1v) is 8.47. The third-order valence-electron chi connectivity index (χ3n) is 4.17. The number of para-hydroxylation sites is 1. The van der Waals surface area contributed by atoms with E-state index in [-0.39, 0.29) is 17.5 Å². The minimum absolute atomic E-state index is 0.118. The van der Waals surface area contributed by atoms with Crippen LogP contribution in [0.5, 0.6) is 11.6 Å². The summed E-state index contributed by atoms with van der Waals surface area (Å²) in [6.07, 6.45) is 1.27. The van der Waals surface area contributed by atoms with Crippen LogP contribution >= 0.6 is 0 Å². The number of nitrogens with zero attached hydrogens (tertiary/aromatic N) is 2. The molecule has 1 aromatic heterocycles. The van der Waals surface area contributed by atoms with Crippen LogP contribution in [0.3, 0.4) is 0 Å². The molecule has 0 amide bonds. The Morgan fingerprint density at radius 2 is 1.96 bits per heavy atom. The fourth-order valence-electron chi connectivity index (χ4n) is 3.10. The average molecular weight is 370 g/mol. The summed E-state index contributed by atoms with van der Waals surface area (Å²) in [6, 6.07) is 7.38. The zero-order valence-electron chi connectivity index (χ0n) is 15.6. The van der Waals surface area contributed by atoms with Crippen molar-refractivity contribution in [3.05, 3.63) is 53.1 Å². The van der Waals surface area contributed by atoms with E-state index in [1.165, 1.54) is 13.4 Å². The lowest BCUT2D eigenvalue weighted by Crippen LogP contribution is -2.30. The van der Waals surface area contributed by atoms with Crippen LogP contribution in [0.4, 0.5) is 5.82 Å². The largest absolute Gasteiger partial charge is 0.496 e. The van der Waals surface area contributed by atoms with Gasteiger partial charge in [-0.3, -0.25) is 0 Å². The summed E-state index contributed by atoms with van der Waals surface area (Å²) in [5.41, 5.74) is 7.75. The van der Waals surface area contributed by atoms with Gasteiger partial charge in [0.05, 0.1) is 37.4 Å². The van der Waals surface area contributed by atoms with Gasteiger partial charge in [-0.15, -0.1) is 0 Å². The molecule has 3 rings (SSSR count). The highest BCUT2D eigenvalue weighted by Crippen LogP contribution is 2.46. The molecule has 0 spiro atoms. The minimum atomic E-state index is -0.611. The fraction of sp³-hybridized carbons (Fsp3) is 0.316. The van der Waals surface area contributed by atoms with E-state index in [1.807, 2.05) is 38.1 Å². The number of nitrogens with one attached hydrogen (secondary N) is 1. The van der Waals surface area contributed by atoms with Crippen LogP contribution in [-0.2, 0) is 9.53 Å². The van der Waals surface area contributed by atoms with Crippen molar-refractivity contribution in [2.45, 2.75) is 25.9 Å². The topological polar surface area (TPSA) is 109 Å². The molecular weight excluding hydrogens is 348 g/mol. The lowest BCUT2D eigenvalue weighted by Gasteiger charge is -2.30. The molecule has 0 fully saturated rings. The van der Waals surface area contributed by atoms with Crippen LogP contribution in [0.2, 0.25) is 0 Å². The number of carbonyl (C=O) groups excluding carboxylic acids is 1. The maximum atomic E-state index is 12.6. The number of hydrogen-bond donors (Lipinski definition) is 2. The van der Waals surface area contributed by atoms with Gasteiger partial charge < -0.3 is 25.3 Å². The van der Waals surface area contributed by atoms with Crippen molar-refractivity contribution in [3.63, 3.8) is 0 Å². The Hall–Kier alpha value is -3.29. The number of aromatic nitrogens is 2. The molecule has 1 aliphatic rings. The van der Waals surface area contributed by atoms with Crippen molar-refractivity contribution in [1.82, 2.24) is 9.97 Å². The summed E-state index contributed by atoms with van der Waals surface area (Å²) in [7, 11) is 2.88. The van der Waals surface area contributed by atoms with E-state index < -0.39 is 11.9 Å². The molecule has 142 valence electrons. The van der Waals surface area contributed by atoms with Gasteiger partial charge in [0.15, 0.2) is 0 Å². The summed E-state index contributed by atoms with van der Waals surface area (Å²) in [6.45, 7) is 3.79. The number of esters is 1. The van der Waals surface area contributed by atoms with E-state index in [0.29, 0.717) is 23.0 Å². The highest BCUT2D eigenvalue weighted by atomic mass is 16.5. The SMILES string of the molecule is COC(=O)C1=C(N)Nc2ncnc(OC(C)C)c2C1c1ccccc1OC. The van der Waals surface area contributed by atoms with Gasteiger partial charge in [-0.05, 0) is 19.9 Å². The Kier molecular flexibility index (Phi) is 5.16. The predicted molar refractivity (Wildman–Crippen MR) is 99.5 cm³/mol. The molecule has 0 saturated heterocycles. The van der Waals surface area contributed by atoms with Crippen LogP contribution in [-0.4, -0.2) is 36.3 Å². The number of carbonyl (C=O) groups is 1. The van der Waals surface area contributed by atoms with Gasteiger partial charge in [0.25, 0.3) is 0 Å². The highest BCUT2D eigenvalue weighted by Gasteiger charge is 2.38. The zero-order chi connectivity index (χ0) is 19.6. The quantitative estimate of drug-likeness (QED) is 0.771. The Morgan fingerprint density at radius 1 is 1.22 bits per heavy atom. The average Bonchev–Trinajstić information content (AvgIpc) is 2.66. The second kappa shape index (κ2) is 7.53. The van der Waals surface area contributed by atoms with E-state index in [1.54, 1.807) is 7.11 Å². The van der Waals surface area contributed by atoms with Gasteiger partial charge in [-0.25, -0.2) is 14.8 Å². The molecule has 3 N–H and O–H groups in total. The third kappa shape index (κ3) is 3.38. The second-order valence-electron chi connectivity index (χ2n) is 6.23. The number of hydrogen-bond acceptors (Lipinski definition) is 8. The summed E-state index contributed by atoms with van der Waals surface area (Å²) in [5, 5.41) is 2.96. The molecule has 27 heavy (non-hydrogen) atoms. The number of ether oxygens (including phenoxy) is 3. The molecule has 2 aromatic rings. The molecule has 8 heteroatoms. The van der Waals surface area contributed by atoms with Crippen molar-refractivity contribution in [3.8, 4) is 11.6 Å². The summed E-state index contributed by atoms with van der Waals surface area (Å²) < 4.78 is 16.4. The van der Waals surface area contributed by atoms with E-state index in [2.05, 4.69) is 15.3 Å². The number of methoxy groups -OCH3 is 2. The van der Waals surface area contributed by atoms with Gasteiger partial charge >= 0.3 is 5.97 Å². The van der Waals surface area contributed by atoms with Gasteiger partial charge in [0, 0.05) is 5.56 Å². The molecule has 0 bridgehead atoms. The Balaban J connectivity index is 2.30. The third-order valence-corrected chi connectivity index (χ3v) is 4.17. The van der Waals surface area contributed by atoms with E-state index in [0.717, 1.165) is 5.56 Å². The molecule has 0 saturated carbocycles. The molecule has 0 aliphatic carbocycles. The van der Waals surface area contributed by atoms with Gasteiger partial charge in [-0.2, -0.15) is 0 Å². The predicted octanol–water partition coefficient (Wildman–Crippen LogP) is 2.17. The Bertz CT molecular complexity index is 895. The first kappa shape index (κ1) is 18.5. The summed E-state index contributed by atoms with van der Waals surface area (Å²) in [4.78, 5) is 21.1. The maximum absolute atomic E-state index is 12.6. The molecule has 2 heterocycles. The monoisotopic (exact) mass is 370 g/mol. The number of fused-ring (bicyclic) bond motifs is 1. The van der Waals surface area contributed by atoms with Gasteiger partial charge in [0.1, 0.15) is 23.7 Å². The smallest absolute Gasteiger partial charge is 0.338 e. The normalized spacial score (nSPS) is 15.8. The van der Waals surface area contributed by atoms with Crippen molar-refractivity contribution in [2.24, 2.45) is 5.73 Å². The number of nitrogens with two attached hydrogens (primary N) is 1. The molecule has 8 nitrogen and oxygen atoms in total. The molecular formula is C19H22N4O4. The second-order valence-corrected chi connectivity index (χ2v) is 6.23. The molecule has 1 aromatic carbocycles. The highest BCUT2D eigenvalue weighted by molar-refractivity contribution is 5.94. The van der Waals surface area contributed by atoms with E-state index in [9.17, 15) is 4.79 Å². The standard InChI is InChI=1S/C19H22N4O4/c1-10(2)27-18-15-13(11-7-5-6-8-12(11)25-3)14(19(24)26-4)16(20)23-17(15)21-9-22-18/h5-10,13H,20H2,1-4H3,(H,21,22,23). The van der Waals surface area contributed by atoms with Crippen LogP contribution in [0.1, 0.15) is 30.9 Å². The Labute approximate surface area is 157 Å². The van der Waals surface area contributed by atoms with Crippen molar-refractivity contribution >= 4 is 11.8 Å². The van der Waals surface area contributed by atoms with Crippen LogP contribution < -0.4 is 20.5 Å². The van der Waals surface area contributed by atoms with Crippen LogP contribution in [0.15, 0.2) is 42.0 Å². The minimum Gasteiger partial charge on any atom is -0.496 e. The number of anilines is 1. The molecule has 1 aliphatic heterocycles. The van der Waals surface area contributed by atoms with E-state index in [4.69, 9.17) is 19.9 Å². The maximum Gasteiger partial charge on any atom is 0.338 e. The van der Waals surface area contributed by atoms with Crippen LogP contribution in [0, 0.1) is 0 Å². The molecule has 0 radical (unpaired) electrons. The summed E-state index contributed by atoms with van der Waals surface area (Å²) in [5.74, 6) is 0.443. The first-order chi connectivity index (χ1) is 13.0. The van der Waals surface area contributed by atoms with Gasteiger partial charge in [-0.1, -0.05) is 18.2 Å². The molecule has 1 atom stereocenters. The van der Waals surface area contributed by atoms with Crippen LogP contribution in [0.25, 0.3) is 0 Å². The fourth-order valence-corrected chi connectivity index (χ4v) is 3.10. The number of rotatable bonds is 5. The Morgan fingerprint density at radius 3 is 2.63 bits per heavy atom. The van der Waals surface area contributed by atoms with Crippen molar-refractivity contribution < 1.29 is 19.0 Å². The first-order valence-electron chi connectivity index (χ1n) is 8.47. The number of benzene rings is 1. The zero-order valence-corrected chi connectivity index (χ0v) is 15.6. The summed E-state index contributed by atoms with van der Waals surface area (Å²) >= 11 is 0. The van der Waals surface area contributed by atoms with E-state index >= 15 is 0 Å². The van der Waals surface area contributed by atoms with Gasteiger partial charge in [0.2, 0.25) is 5.88 Å². The van der Waals surface area contributed by atoms with Crippen molar-refractivity contribution in [1.29, 1.82) is 0 Å².